The molecule has 0 spiro atoms. The monoisotopic (exact) mass is 371 g/mol. The number of hydrogen-bond acceptors (Lipinski definition) is 4. The van der Waals surface area contributed by atoms with Crippen LogP contribution >= 0.6 is 0 Å². The number of aromatic nitrogens is 1. The lowest BCUT2D eigenvalue weighted by molar-refractivity contribution is 0.0526. The van der Waals surface area contributed by atoms with Crippen molar-refractivity contribution in [3.05, 3.63) is 70.5 Å². The molecule has 0 bridgehead atoms. The standard InChI is InChI=1S/C23H17NO4/c1-3-27-23(26)13-8-9-15-17(12-13)14-10-11-24(2)20(14)19-21(25)16-6-4-5-7-18(16)28-22(15)19/h4-12H,3H2,1-2H3. The Morgan fingerprint density at radius 2 is 1.86 bits per heavy atom. The summed E-state index contributed by atoms with van der Waals surface area (Å²) in [5, 5.41) is 3.66. The van der Waals surface area contributed by atoms with E-state index in [4.69, 9.17) is 9.15 Å². The van der Waals surface area contributed by atoms with E-state index in [9.17, 15) is 9.59 Å². The molecule has 0 amide bonds. The number of para-hydroxylation sites is 1. The van der Waals surface area contributed by atoms with Gasteiger partial charge >= 0.3 is 5.97 Å². The number of ether oxygens (including phenoxy) is 1. The molecule has 0 aliphatic carbocycles. The van der Waals surface area contributed by atoms with E-state index in [2.05, 4.69) is 0 Å². The Morgan fingerprint density at radius 1 is 1.04 bits per heavy atom. The third kappa shape index (κ3) is 2.19. The van der Waals surface area contributed by atoms with Gasteiger partial charge in [0.25, 0.3) is 0 Å². The van der Waals surface area contributed by atoms with Gasteiger partial charge in [-0.15, -0.1) is 0 Å². The molecular weight excluding hydrogens is 354 g/mol. The van der Waals surface area contributed by atoms with Crippen LogP contribution in [0.3, 0.4) is 0 Å². The van der Waals surface area contributed by atoms with Crippen LogP contribution in [-0.4, -0.2) is 17.1 Å². The average Bonchev–Trinajstić information content (AvgIpc) is 3.10. The zero-order chi connectivity index (χ0) is 19.4. The third-order valence-corrected chi connectivity index (χ3v) is 5.17. The normalized spacial score (nSPS) is 11.6. The van der Waals surface area contributed by atoms with E-state index < -0.39 is 0 Å². The molecule has 0 fully saturated rings. The van der Waals surface area contributed by atoms with E-state index in [0.717, 1.165) is 21.7 Å². The average molecular weight is 371 g/mol. The molecule has 5 rings (SSSR count). The topological polar surface area (TPSA) is 61.4 Å². The first-order chi connectivity index (χ1) is 13.6. The number of fused-ring (bicyclic) bond motifs is 7. The first kappa shape index (κ1) is 16.6. The Kier molecular flexibility index (Phi) is 3.52. The largest absolute Gasteiger partial charge is 0.462 e. The number of hydrogen-bond donors (Lipinski definition) is 0. The van der Waals surface area contributed by atoms with E-state index in [-0.39, 0.29) is 11.4 Å². The van der Waals surface area contributed by atoms with Crippen molar-refractivity contribution in [2.24, 2.45) is 7.05 Å². The Labute approximate surface area is 159 Å². The van der Waals surface area contributed by atoms with Gasteiger partial charge in [0.1, 0.15) is 11.2 Å². The van der Waals surface area contributed by atoms with Crippen LogP contribution in [0.1, 0.15) is 17.3 Å². The Balaban J connectivity index is 2.02. The molecule has 5 heteroatoms. The number of aryl methyl sites for hydroxylation is 1. The summed E-state index contributed by atoms with van der Waals surface area (Å²) in [4.78, 5) is 25.5. The second-order valence-corrected chi connectivity index (χ2v) is 6.80. The molecule has 0 N–H and O–H groups in total. The highest BCUT2D eigenvalue weighted by Crippen LogP contribution is 2.36. The molecule has 28 heavy (non-hydrogen) atoms. The van der Waals surface area contributed by atoms with Crippen molar-refractivity contribution >= 4 is 49.6 Å². The molecule has 0 radical (unpaired) electrons. The van der Waals surface area contributed by atoms with E-state index in [1.165, 1.54) is 0 Å². The van der Waals surface area contributed by atoms with Gasteiger partial charge in [-0.3, -0.25) is 4.79 Å². The molecule has 138 valence electrons. The highest BCUT2D eigenvalue weighted by Gasteiger charge is 2.19. The fourth-order valence-electron chi connectivity index (χ4n) is 3.91. The molecule has 2 heterocycles. The van der Waals surface area contributed by atoms with E-state index in [0.29, 0.717) is 34.1 Å². The van der Waals surface area contributed by atoms with Crippen molar-refractivity contribution in [3.63, 3.8) is 0 Å². The van der Waals surface area contributed by atoms with Crippen molar-refractivity contribution in [2.45, 2.75) is 6.92 Å². The molecule has 5 aromatic rings. The van der Waals surface area contributed by atoms with Gasteiger partial charge in [0, 0.05) is 24.0 Å². The molecule has 3 aromatic carbocycles. The van der Waals surface area contributed by atoms with Gasteiger partial charge in [0.05, 0.1) is 28.5 Å². The fourth-order valence-corrected chi connectivity index (χ4v) is 3.91. The number of carbonyl (C=O) groups is 1. The lowest BCUT2D eigenvalue weighted by atomic mass is 9.99. The summed E-state index contributed by atoms with van der Waals surface area (Å²) in [6.45, 7) is 2.10. The van der Waals surface area contributed by atoms with Crippen LogP contribution in [0.15, 0.2) is 63.9 Å². The summed E-state index contributed by atoms with van der Waals surface area (Å²) in [5.74, 6) is -0.367. The van der Waals surface area contributed by atoms with Crippen LogP contribution in [0.4, 0.5) is 0 Å². The Morgan fingerprint density at radius 3 is 2.68 bits per heavy atom. The van der Waals surface area contributed by atoms with Crippen LogP contribution in [0.5, 0.6) is 0 Å². The minimum Gasteiger partial charge on any atom is -0.462 e. The summed E-state index contributed by atoms with van der Waals surface area (Å²) in [6.07, 6.45) is 1.91. The Bertz CT molecular complexity index is 1470. The van der Waals surface area contributed by atoms with Gasteiger partial charge < -0.3 is 13.7 Å². The summed E-state index contributed by atoms with van der Waals surface area (Å²) >= 11 is 0. The number of benzene rings is 3. The zero-order valence-corrected chi connectivity index (χ0v) is 15.5. The van der Waals surface area contributed by atoms with Gasteiger partial charge in [0.2, 0.25) is 5.43 Å². The lowest BCUT2D eigenvalue weighted by Crippen LogP contribution is -2.06. The Hall–Kier alpha value is -3.60. The molecule has 0 atom stereocenters. The number of carbonyl (C=O) groups excluding carboxylic acids is 1. The molecule has 2 aromatic heterocycles. The number of nitrogens with zero attached hydrogens (tertiary/aromatic N) is 1. The van der Waals surface area contributed by atoms with E-state index in [1.54, 1.807) is 25.1 Å². The van der Waals surface area contributed by atoms with E-state index in [1.807, 2.05) is 48.1 Å². The van der Waals surface area contributed by atoms with Gasteiger partial charge in [-0.2, -0.15) is 0 Å². The summed E-state index contributed by atoms with van der Waals surface area (Å²) in [5.41, 5.74) is 2.29. The third-order valence-electron chi connectivity index (χ3n) is 5.17. The smallest absolute Gasteiger partial charge is 0.338 e. The molecule has 0 saturated heterocycles. The quantitative estimate of drug-likeness (QED) is 0.255. The van der Waals surface area contributed by atoms with Crippen LogP contribution in [-0.2, 0) is 11.8 Å². The van der Waals surface area contributed by atoms with Crippen molar-refractivity contribution in [1.82, 2.24) is 4.57 Å². The fraction of sp³-hybridized carbons (Fsp3) is 0.130. The SMILES string of the molecule is CCOC(=O)c1ccc2c(c1)c1ccn(C)c1c1c(=O)c3ccccc3oc21. The van der Waals surface area contributed by atoms with Crippen molar-refractivity contribution < 1.29 is 13.9 Å². The first-order valence-corrected chi connectivity index (χ1v) is 9.13. The van der Waals surface area contributed by atoms with Gasteiger partial charge in [-0.25, -0.2) is 4.79 Å². The van der Waals surface area contributed by atoms with Crippen molar-refractivity contribution in [1.29, 1.82) is 0 Å². The molecule has 0 aliphatic rings. The maximum absolute atomic E-state index is 13.3. The first-order valence-electron chi connectivity index (χ1n) is 9.13. The molecule has 0 aliphatic heterocycles. The second-order valence-electron chi connectivity index (χ2n) is 6.80. The van der Waals surface area contributed by atoms with Crippen molar-refractivity contribution in [2.75, 3.05) is 6.61 Å². The predicted molar refractivity (Wildman–Crippen MR) is 110 cm³/mol. The molecule has 0 unspecified atom stereocenters. The minimum atomic E-state index is -0.367. The summed E-state index contributed by atoms with van der Waals surface area (Å²) in [7, 11) is 1.90. The molecule has 5 nitrogen and oxygen atoms in total. The zero-order valence-electron chi connectivity index (χ0n) is 15.5. The highest BCUT2D eigenvalue weighted by atomic mass is 16.5. The maximum Gasteiger partial charge on any atom is 0.338 e. The summed E-state index contributed by atoms with van der Waals surface area (Å²) < 4.78 is 13.2. The van der Waals surface area contributed by atoms with Gasteiger partial charge in [-0.05, 0) is 48.7 Å². The van der Waals surface area contributed by atoms with Crippen LogP contribution in [0.25, 0.3) is 43.6 Å². The van der Waals surface area contributed by atoms with Crippen LogP contribution in [0, 0.1) is 0 Å². The molecular formula is C23H17NO4. The second kappa shape index (κ2) is 5.96. The van der Waals surface area contributed by atoms with Crippen LogP contribution in [0.2, 0.25) is 0 Å². The predicted octanol–water partition coefficient (Wildman–Crippen LogP) is 4.77. The number of rotatable bonds is 2. The summed E-state index contributed by atoms with van der Waals surface area (Å²) in [6, 6.07) is 14.6. The van der Waals surface area contributed by atoms with Crippen molar-refractivity contribution in [3.8, 4) is 0 Å². The highest BCUT2D eigenvalue weighted by molar-refractivity contribution is 6.24. The molecule has 0 saturated carbocycles. The van der Waals surface area contributed by atoms with Crippen LogP contribution < -0.4 is 5.43 Å². The van der Waals surface area contributed by atoms with E-state index >= 15 is 0 Å². The lowest BCUT2D eigenvalue weighted by Gasteiger charge is -2.10. The minimum absolute atomic E-state index is 0.0555. The number of esters is 1. The van der Waals surface area contributed by atoms with Gasteiger partial charge in [0.15, 0.2) is 0 Å². The van der Waals surface area contributed by atoms with Gasteiger partial charge in [-0.1, -0.05) is 12.1 Å². The maximum atomic E-state index is 13.3.